The summed E-state index contributed by atoms with van der Waals surface area (Å²) in [5.74, 6) is 0. The summed E-state index contributed by atoms with van der Waals surface area (Å²) in [6.07, 6.45) is 7.76. The number of nitrogens with one attached hydrogen (secondary N) is 1. The molecule has 1 rings (SSSR count). The molecular formula is C13H15N. The van der Waals surface area contributed by atoms with E-state index >= 15 is 0 Å². The molecule has 0 atom stereocenters. The quantitative estimate of drug-likeness (QED) is 0.711. The van der Waals surface area contributed by atoms with Crippen LogP contribution in [0.2, 0.25) is 0 Å². The maximum atomic E-state index is 3.98. The molecule has 0 saturated carbocycles. The van der Waals surface area contributed by atoms with Gasteiger partial charge in [0.05, 0.1) is 0 Å². The number of hydrogen-bond acceptors (Lipinski definition) is 1. The van der Waals surface area contributed by atoms with E-state index in [0.717, 1.165) is 11.1 Å². The summed E-state index contributed by atoms with van der Waals surface area (Å²) in [5, 5.41) is 2.92. The van der Waals surface area contributed by atoms with E-state index in [4.69, 9.17) is 0 Å². The second-order valence-electron chi connectivity index (χ2n) is 2.90. The van der Waals surface area contributed by atoms with Crippen LogP contribution in [0.15, 0.2) is 61.3 Å². The lowest BCUT2D eigenvalue weighted by Gasteiger charge is -1.97. The van der Waals surface area contributed by atoms with Crippen LogP contribution in [0, 0.1) is 0 Å². The smallest absolute Gasteiger partial charge is 0.00277 e. The molecule has 1 heteroatoms. The van der Waals surface area contributed by atoms with E-state index in [1.807, 2.05) is 49.7 Å². The first-order chi connectivity index (χ1) is 6.84. The second-order valence-corrected chi connectivity index (χ2v) is 2.90. The van der Waals surface area contributed by atoms with Crippen molar-refractivity contribution in [2.24, 2.45) is 0 Å². The van der Waals surface area contributed by atoms with Crippen LogP contribution in [0.5, 0.6) is 0 Å². The average Bonchev–Trinajstić information content (AvgIpc) is 2.25. The number of benzene rings is 1. The van der Waals surface area contributed by atoms with Gasteiger partial charge in [-0.2, -0.15) is 0 Å². The fraction of sp³-hybridized carbons (Fsp3) is 0.0769. The highest BCUT2D eigenvalue weighted by molar-refractivity contribution is 5.72. The van der Waals surface area contributed by atoms with Crippen molar-refractivity contribution in [3.63, 3.8) is 0 Å². The van der Waals surface area contributed by atoms with Crippen LogP contribution in [-0.2, 0) is 0 Å². The molecule has 1 N–H and O–H groups in total. The molecule has 1 aromatic rings. The summed E-state index contributed by atoms with van der Waals surface area (Å²) in [6, 6.07) is 10.1. The molecular weight excluding hydrogens is 170 g/mol. The van der Waals surface area contributed by atoms with Gasteiger partial charge in [-0.3, -0.25) is 0 Å². The summed E-state index contributed by atoms with van der Waals surface area (Å²) in [6.45, 7) is 3.98. The van der Waals surface area contributed by atoms with Crippen molar-refractivity contribution in [2.75, 3.05) is 7.05 Å². The minimum absolute atomic E-state index is 1.02. The first kappa shape index (κ1) is 10.3. The van der Waals surface area contributed by atoms with Crippen molar-refractivity contribution in [3.05, 3.63) is 66.9 Å². The van der Waals surface area contributed by atoms with Gasteiger partial charge in [0.2, 0.25) is 0 Å². The molecule has 0 fully saturated rings. The predicted molar refractivity (Wildman–Crippen MR) is 62.8 cm³/mol. The molecule has 1 nitrogen and oxygen atoms in total. The second kappa shape index (κ2) is 5.81. The number of rotatable bonds is 4. The van der Waals surface area contributed by atoms with Crippen molar-refractivity contribution in [1.29, 1.82) is 0 Å². The fourth-order valence-corrected chi connectivity index (χ4v) is 1.07. The molecule has 0 aliphatic rings. The van der Waals surface area contributed by atoms with E-state index < -0.39 is 0 Å². The summed E-state index contributed by atoms with van der Waals surface area (Å²) in [4.78, 5) is 0. The van der Waals surface area contributed by atoms with Gasteiger partial charge < -0.3 is 5.32 Å². The lowest BCUT2D eigenvalue weighted by atomic mass is 10.1. The molecule has 14 heavy (non-hydrogen) atoms. The molecule has 0 aromatic heterocycles. The minimum atomic E-state index is 1.02. The van der Waals surface area contributed by atoms with E-state index in [1.165, 1.54) is 0 Å². The topological polar surface area (TPSA) is 12.0 Å². The van der Waals surface area contributed by atoms with Crippen molar-refractivity contribution in [3.8, 4) is 0 Å². The number of allylic oxidation sites excluding steroid dienone is 4. The van der Waals surface area contributed by atoms with Gasteiger partial charge in [0.1, 0.15) is 0 Å². The van der Waals surface area contributed by atoms with E-state index in [1.54, 1.807) is 0 Å². The van der Waals surface area contributed by atoms with Gasteiger partial charge in [0, 0.05) is 7.05 Å². The van der Waals surface area contributed by atoms with Crippen molar-refractivity contribution in [2.45, 2.75) is 0 Å². The Kier molecular flexibility index (Phi) is 4.29. The summed E-state index contributed by atoms with van der Waals surface area (Å²) in [5.41, 5.74) is 2.17. The van der Waals surface area contributed by atoms with Crippen LogP contribution in [0.1, 0.15) is 5.56 Å². The Hall–Kier alpha value is -1.76. The average molecular weight is 185 g/mol. The van der Waals surface area contributed by atoms with Crippen LogP contribution in [0.3, 0.4) is 0 Å². The lowest BCUT2D eigenvalue weighted by Crippen LogP contribution is -1.89. The maximum absolute atomic E-state index is 3.98. The fourth-order valence-electron chi connectivity index (χ4n) is 1.07. The standard InChI is InChI=1S/C13H15N/c1-12(8-6-7-11-14-2)13-9-4-3-5-10-13/h3-11,14H,1H2,2H3/b8-6-,11-7-. The largest absolute Gasteiger partial charge is 0.394 e. The van der Waals surface area contributed by atoms with Gasteiger partial charge in [0.15, 0.2) is 0 Å². The molecule has 0 saturated heterocycles. The molecule has 0 heterocycles. The van der Waals surface area contributed by atoms with Crippen LogP contribution in [0.4, 0.5) is 0 Å². The van der Waals surface area contributed by atoms with Gasteiger partial charge in [-0.1, -0.05) is 49.1 Å². The highest BCUT2D eigenvalue weighted by Gasteiger charge is 1.90. The van der Waals surface area contributed by atoms with E-state index in [0.29, 0.717) is 0 Å². The SMILES string of the molecule is C=C(/C=C\C=C/NC)c1ccccc1. The van der Waals surface area contributed by atoms with Gasteiger partial charge in [0.25, 0.3) is 0 Å². The Labute approximate surface area is 85.5 Å². The lowest BCUT2D eigenvalue weighted by molar-refractivity contribution is 1.10. The monoisotopic (exact) mass is 185 g/mol. The summed E-state index contributed by atoms with van der Waals surface area (Å²) < 4.78 is 0. The highest BCUT2D eigenvalue weighted by atomic mass is 14.8. The first-order valence-electron chi connectivity index (χ1n) is 4.59. The molecule has 1 aromatic carbocycles. The van der Waals surface area contributed by atoms with Crippen LogP contribution in [-0.4, -0.2) is 7.05 Å². The molecule has 0 spiro atoms. The van der Waals surface area contributed by atoms with Crippen molar-refractivity contribution < 1.29 is 0 Å². The Morgan fingerprint density at radius 1 is 1.21 bits per heavy atom. The third-order valence-corrected chi connectivity index (χ3v) is 1.82. The van der Waals surface area contributed by atoms with Gasteiger partial charge >= 0.3 is 0 Å². The normalized spacial score (nSPS) is 10.9. The molecule has 0 aliphatic heterocycles. The van der Waals surface area contributed by atoms with Gasteiger partial charge in [-0.25, -0.2) is 0 Å². The Morgan fingerprint density at radius 2 is 1.93 bits per heavy atom. The van der Waals surface area contributed by atoms with Crippen molar-refractivity contribution >= 4 is 5.57 Å². The van der Waals surface area contributed by atoms with Gasteiger partial charge in [-0.15, -0.1) is 0 Å². The Balaban J connectivity index is 2.59. The maximum Gasteiger partial charge on any atom is 0.00277 e. The number of hydrogen-bond donors (Lipinski definition) is 1. The zero-order valence-corrected chi connectivity index (χ0v) is 8.40. The van der Waals surface area contributed by atoms with E-state index in [2.05, 4.69) is 24.0 Å². The zero-order chi connectivity index (χ0) is 10.2. The summed E-state index contributed by atoms with van der Waals surface area (Å²) >= 11 is 0. The molecule has 0 radical (unpaired) electrons. The highest BCUT2D eigenvalue weighted by Crippen LogP contribution is 2.12. The van der Waals surface area contributed by atoms with E-state index in [9.17, 15) is 0 Å². The van der Waals surface area contributed by atoms with Crippen molar-refractivity contribution in [1.82, 2.24) is 5.32 Å². The summed E-state index contributed by atoms with van der Waals surface area (Å²) in [7, 11) is 1.87. The van der Waals surface area contributed by atoms with Crippen LogP contribution < -0.4 is 5.32 Å². The third-order valence-electron chi connectivity index (χ3n) is 1.82. The Morgan fingerprint density at radius 3 is 2.57 bits per heavy atom. The Bertz CT molecular complexity index is 334. The molecule has 72 valence electrons. The molecule has 0 bridgehead atoms. The molecule has 0 unspecified atom stereocenters. The zero-order valence-electron chi connectivity index (χ0n) is 8.40. The van der Waals surface area contributed by atoms with Crippen LogP contribution >= 0.6 is 0 Å². The third kappa shape index (κ3) is 3.31. The first-order valence-corrected chi connectivity index (χ1v) is 4.59. The predicted octanol–water partition coefficient (Wildman–Crippen LogP) is 2.99. The van der Waals surface area contributed by atoms with E-state index in [-0.39, 0.29) is 0 Å². The minimum Gasteiger partial charge on any atom is -0.394 e. The molecule has 0 aliphatic carbocycles. The van der Waals surface area contributed by atoms with Gasteiger partial charge in [-0.05, 0) is 23.4 Å². The van der Waals surface area contributed by atoms with Crippen LogP contribution in [0.25, 0.3) is 5.57 Å². The molecule has 0 amide bonds.